The van der Waals surface area contributed by atoms with Crippen LogP contribution in [0.1, 0.15) is 51.0 Å². The highest BCUT2D eigenvalue weighted by atomic mass is 16.5. The number of rotatable bonds is 5. The van der Waals surface area contributed by atoms with Crippen LogP contribution in [-0.2, 0) is 0 Å². The van der Waals surface area contributed by atoms with Crippen LogP contribution in [-0.4, -0.2) is 19.7 Å². The molecule has 19 heavy (non-hydrogen) atoms. The van der Waals surface area contributed by atoms with E-state index in [0.717, 1.165) is 18.2 Å². The van der Waals surface area contributed by atoms with Crippen molar-refractivity contribution in [1.29, 1.82) is 0 Å². The SMILES string of the molecule is COc1cccc(C2CCCCC2CNC(C)C)c1. The first-order valence-corrected chi connectivity index (χ1v) is 7.58. The minimum absolute atomic E-state index is 0.577. The van der Waals surface area contributed by atoms with Gasteiger partial charge in [-0.25, -0.2) is 0 Å². The molecule has 1 aromatic carbocycles. The average molecular weight is 261 g/mol. The Bertz CT molecular complexity index is 389. The molecule has 1 saturated carbocycles. The normalized spacial score (nSPS) is 23.6. The van der Waals surface area contributed by atoms with Crippen molar-refractivity contribution in [2.24, 2.45) is 5.92 Å². The van der Waals surface area contributed by atoms with Crippen LogP contribution >= 0.6 is 0 Å². The Morgan fingerprint density at radius 1 is 1.26 bits per heavy atom. The highest BCUT2D eigenvalue weighted by Crippen LogP contribution is 2.38. The van der Waals surface area contributed by atoms with E-state index < -0.39 is 0 Å². The van der Waals surface area contributed by atoms with E-state index in [1.807, 2.05) is 6.07 Å². The first-order chi connectivity index (χ1) is 9.20. The second kappa shape index (κ2) is 6.95. The predicted octanol–water partition coefficient (Wildman–Crippen LogP) is 3.97. The zero-order chi connectivity index (χ0) is 13.7. The standard InChI is InChI=1S/C17H27NO/c1-13(2)18-12-15-7-4-5-10-17(15)14-8-6-9-16(11-14)19-3/h6,8-9,11,13,15,17-18H,4-5,7,10,12H2,1-3H3. The molecule has 1 N–H and O–H groups in total. The smallest absolute Gasteiger partial charge is 0.119 e. The topological polar surface area (TPSA) is 21.3 Å². The van der Waals surface area contributed by atoms with E-state index in [4.69, 9.17) is 4.74 Å². The third kappa shape index (κ3) is 3.97. The molecule has 2 atom stereocenters. The molecule has 0 saturated heterocycles. The van der Waals surface area contributed by atoms with E-state index in [1.54, 1.807) is 7.11 Å². The maximum Gasteiger partial charge on any atom is 0.119 e. The van der Waals surface area contributed by atoms with Gasteiger partial charge in [0, 0.05) is 6.04 Å². The number of ether oxygens (including phenoxy) is 1. The van der Waals surface area contributed by atoms with Gasteiger partial charge >= 0.3 is 0 Å². The number of methoxy groups -OCH3 is 1. The number of nitrogens with one attached hydrogen (secondary N) is 1. The number of hydrogen-bond acceptors (Lipinski definition) is 2. The van der Waals surface area contributed by atoms with Crippen molar-refractivity contribution in [3.8, 4) is 5.75 Å². The first kappa shape index (κ1) is 14.4. The average Bonchev–Trinajstić information content (AvgIpc) is 2.45. The van der Waals surface area contributed by atoms with Gasteiger partial charge in [0.15, 0.2) is 0 Å². The molecule has 0 spiro atoms. The molecule has 0 aromatic heterocycles. The Kier molecular flexibility index (Phi) is 5.26. The van der Waals surface area contributed by atoms with Gasteiger partial charge in [-0.3, -0.25) is 0 Å². The van der Waals surface area contributed by atoms with Gasteiger partial charge in [-0.15, -0.1) is 0 Å². The summed E-state index contributed by atoms with van der Waals surface area (Å²) in [5.74, 6) is 2.44. The summed E-state index contributed by atoms with van der Waals surface area (Å²) >= 11 is 0. The number of hydrogen-bond donors (Lipinski definition) is 1. The molecule has 2 unspecified atom stereocenters. The molecule has 0 aliphatic heterocycles. The second-order valence-electron chi connectivity index (χ2n) is 5.99. The molecule has 0 bridgehead atoms. The Labute approximate surface area is 117 Å². The van der Waals surface area contributed by atoms with Gasteiger partial charge in [-0.05, 0) is 48.9 Å². The van der Waals surface area contributed by atoms with Gasteiger partial charge in [0.2, 0.25) is 0 Å². The van der Waals surface area contributed by atoms with E-state index in [9.17, 15) is 0 Å². The molecule has 1 aromatic rings. The van der Waals surface area contributed by atoms with Crippen LogP contribution in [0.2, 0.25) is 0 Å². The summed E-state index contributed by atoms with van der Waals surface area (Å²) < 4.78 is 5.36. The Morgan fingerprint density at radius 2 is 2.05 bits per heavy atom. The maximum absolute atomic E-state index is 5.36. The molecule has 0 heterocycles. The van der Waals surface area contributed by atoms with E-state index in [2.05, 4.69) is 37.4 Å². The monoisotopic (exact) mass is 261 g/mol. The van der Waals surface area contributed by atoms with Crippen LogP contribution in [0.4, 0.5) is 0 Å². The minimum Gasteiger partial charge on any atom is -0.497 e. The summed E-state index contributed by atoms with van der Waals surface area (Å²) in [6.45, 7) is 5.59. The summed E-state index contributed by atoms with van der Waals surface area (Å²) in [7, 11) is 1.75. The van der Waals surface area contributed by atoms with Crippen LogP contribution in [0.5, 0.6) is 5.75 Å². The van der Waals surface area contributed by atoms with E-state index in [1.165, 1.54) is 31.2 Å². The molecule has 106 valence electrons. The summed E-state index contributed by atoms with van der Waals surface area (Å²) in [4.78, 5) is 0. The molecule has 1 fully saturated rings. The van der Waals surface area contributed by atoms with Gasteiger partial charge < -0.3 is 10.1 Å². The van der Waals surface area contributed by atoms with Gasteiger partial charge in [0.05, 0.1) is 7.11 Å². The minimum atomic E-state index is 0.577. The summed E-state index contributed by atoms with van der Waals surface area (Å²) in [5.41, 5.74) is 1.45. The molecular weight excluding hydrogens is 234 g/mol. The molecule has 1 aliphatic carbocycles. The summed E-state index contributed by atoms with van der Waals surface area (Å²) in [6.07, 6.45) is 5.41. The van der Waals surface area contributed by atoms with Crippen LogP contribution in [0, 0.1) is 5.92 Å². The third-order valence-corrected chi connectivity index (χ3v) is 4.22. The predicted molar refractivity (Wildman–Crippen MR) is 80.8 cm³/mol. The molecular formula is C17H27NO. The lowest BCUT2D eigenvalue weighted by atomic mass is 9.75. The summed E-state index contributed by atoms with van der Waals surface area (Å²) in [6, 6.07) is 9.22. The van der Waals surface area contributed by atoms with Gasteiger partial charge in [0.25, 0.3) is 0 Å². The van der Waals surface area contributed by atoms with Crippen molar-refractivity contribution in [1.82, 2.24) is 5.32 Å². The lowest BCUT2D eigenvalue weighted by Crippen LogP contribution is -2.33. The van der Waals surface area contributed by atoms with E-state index in [-0.39, 0.29) is 0 Å². The highest BCUT2D eigenvalue weighted by molar-refractivity contribution is 5.31. The van der Waals surface area contributed by atoms with Crippen LogP contribution in [0.15, 0.2) is 24.3 Å². The third-order valence-electron chi connectivity index (χ3n) is 4.22. The highest BCUT2D eigenvalue weighted by Gasteiger charge is 2.26. The van der Waals surface area contributed by atoms with E-state index in [0.29, 0.717) is 12.0 Å². The van der Waals surface area contributed by atoms with Gasteiger partial charge in [0.1, 0.15) is 5.75 Å². The van der Waals surface area contributed by atoms with Crippen LogP contribution < -0.4 is 10.1 Å². The van der Waals surface area contributed by atoms with Gasteiger partial charge in [-0.2, -0.15) is 0 Å². The van der Waals surface area contributed by atoms with Crippen molar-refractivity contribution >= 4 is 0 Å². The van der Waals surface area contributed by atoms with E-state index >= 15 is 0 Å². The second-order valence-corrected chi connectivity index (χ2v) is 5.99. The fraction of sp³-hybridized carbons (Fsp3) is 0.647. The van der Waals surface area contributed by atoms with Crippen LogP contribution in [0.3, 0.4) is 0 Å². The lowest BCUT2D eigenvalue weighted by molar-refractivity contribution is 0.289. The Balaban J connectivity index is 2.09. The molecule has 2 heteroatoms. The zero-order valence-electron chi connectivity index (χ0n) is 12.5. The largest absolute Gasteiger partial charge is 0.497 e. The quantitative estimate of drug-likeness (QED) is 0.866. The van der Waals surface area contributed by atoms with Crippen molar-refractivity contribution in [3.05, 3.63) is 29.8 Å². The molecule has 0 amide bonds. The maximum atomic E-state index is 5.36. The van der Waals surface area contributed by atoms with Crippen molar-refractivity contribution < 1.29 is 4.74 Å². The lowest BCUT2D eigenvalue weighted by Gasteiger charge is -2.33. The Morgan fingerprint density at radius 3 is 2.79 bits per heavy atom. The molecule has 0 radical (unpaired) electrons. The molecule has 2 nitrogen and oxygen atoms in total. The fourth-order valence-corrected chi connectivity index (χ4v) is 3.15. The van der Waals surface area contributed by atoms with Crippen molar-refractivity contribution in [2.45, 2.75) is 51.5 Å². The first-order valence-electron chi connectivity index (χ1n) is 7.58. The van der Waals surface area contributed by atoms with Crippen molar-refractivity contribution in [3.63, 3.8) is 0 Å². The fourth-order valence-electron chi connectivity index (χ4n) is 3.15. The molecule has 2 rings (SSSR count). The van der Waals surface area contributed by atoms with Crippen LogP contribution in [0.25, 0.3) is 0 Å². The number of benzene rings is 1. The molecule has 1 aliphatic rings. The Hall–Kier alpha value is -1.02. The van der Waals surface area contributed by atoms with Gasteiger partial charge in [-0.1, -0.05) is 38.8 Å². The van der Waals surface area contributed by atoms with Crippen molar-refractivity contribution in [2.75, 3.05) is 13.7 Å². The zero-order valence-corrected chi connectivity index (χ0v) is 12.5. The summed E-state index contributed by atoms with van der Waals surface area (Å²) in [5, 5.41) is 3.61.